The number of hydrogen-bond acceptors (Lipinski definition) is 5. The molecule has 36 heavy (non-hydrogen) atoms. The van der Waals surface area contributed by atoms with E-state index in [4.69, 9.17) is 0 Å². The summed E-state index contributed by atoms with van der Waals surface area (Å²) < 4.78 is 15.5. The number of aryl methyl sites for hydroxylation is 2. The van der Waals surface area contributed by atoms with E-state index in [9.17, 15) is 9.18 Å². The van der Waals surface area contributed by atoms with Crippen molar-refractivity contribution in [1.29, 1.82) is 0 Å². The van der Waals surface area contributed by atoms with E-state index in [1.54, 1.807) is 12.1 Å². The van der Waals surface area contributed by atoms with Crippen LogP contribution in [0.25, 0.3) is 10.9 Å². The van der Waals surface area contributed by atoms with Crippen molar-refractivity contribution in [3.05, 3.63) is 86.7 Å². The van der Waals surface area contributed by atoms with Crippen LogP contribution in [0.3, 0.4) is 0 Å². The first-order valence-electron chi connectivity index (χ1n) is 12.5. The molecule has 7 nitrogen and oxygen atoms in total. The molecule has 0 saturated carbocycles. The van der Waals surface area contributed by atoms with Gasteiger partial charge in [-0.1, -0.05) is 32.0 Å². The molecule has 0 aliphatic heterocycles. The number of halogens is 1. The van der Waals surface area contributed by atoms with Crippen LogP contribution in [-0.2, 0) is 18.6 Å². The molecule has 0 aliphatic carbocycles. The van der Waals surface area contributed by atoms with Crippen LogP contribution in [0.2, 0.25) is 0 Å². The van der Waals surface area contributed by atoms with Crippen LogP contribution in [0.4, 0.5) is 4.39 Å². The molecule has 4 rings (SSSR count). The molecular formula is C28H35FN6O. The fourth-order valence-corrected chi connectivity index (χ4v) is 4.74. The lowest BCUT2D eigenvalue weighted by molar-refractivity contribution is 0.150. The molecule has 2 aromatic heterocycles. The number of nitrogens with zero attached hydrogens (tertiary/aromatic N) is 5. The highest BCUT2D eigenvalue weighted by molar-refractivity contribution is 5.83. The van der Waals surface area contributed by atoms with Gasteiger partial charge >= 0.3 is 0 Å². The Morgan fingerprint density at radius 2 is 1.81 bits per heavy atom. The molecule has 0 unspecified atom stereocenters. The fourth-order valence-electron chi connectivity index (χ4n) is 4.74. The molecule has 8 heteroatoms. The standard InChI is InChI=1S/C28H35FN6O/c1-7-25(26-31-32-33-35(26)28(5,6)8-2)34(16-20-9-11-22(29)12-10-20)17-21-15-23-19(4)13-18(3)14-24(23)30-27(21)36/h9-15,25H,7-8,16-17H2,1-6H3,(H,30,36)/t25-/m0/s1. The average Bonchev–Trinajstić information content (AvgIpc) is 3.32. The highest BCUT2D eigenvalue weighted by atomic mass is 19.1. The van der Waals surface area contributed by atoms with Gasteiger partial charge in [0.25, 0.3) is 5.56 Å². The number of pyridine rings is 1. The second-order valence-corrected chi connectivity index (χ2v) is 10.2. The minimum Gasteiger partial charge on any atom is -0.322 e. The number of aromatic amines is 1. The second kappa shape index (κ2) is 10.3. The highest BCUT2D eigenvalue weighted by Crippen LogP contribution is 2.30. The number of fused-ring (bicyclic) bond motifs is 1. The van der Waals surface area contributed by atoms with E-state index in [1.165, 1.54) is 12.1 Å². The van der Waals surface area contributed by atoms with Gasteiger partial charge < -0.3 is 4.98 Å². The Kier molecular flexibility index (Phi) is 7.36. The van der Waals surface area contributed by atoms with Crippen molar-refractivity contribution in [2.45, 2.75) is 79.1 Å². The highest BCUT2D eigenvalue weighted by Gasteiger charge is 2.31. The molecule has 2 aromatic carbocycles. The Morgan fingerprint density at radius 1 is 1.08 bits per heavy atom. The topological polar surface area (TPSA) is 79.7 Å². The van der Waals surface area contributed by atoms with E-state index in [0.29, 0.717) is 18.7 Å². The summed E-state index contributed by atoms with van der Waals surface area (Å²) in [5.74, 6) is 0.484. The van der Waals surface area contributed by atoms with Gasteiger partial charge in [0, 0.05) is 29.6 Å². The largest absolute Gasteiger partial charge is 0.322 e. The Morgan fingerprint density at radius 3 is 2.47 bits per heavy atom. The fraction of sp³-hybridized carbons (Fsp3) is 0.429. The van der Waals surface area contributed by atoms with Crippen molar-refractivity contribution >= 4 is 10.9 Å². The van der Waals surface area contributed by atoms with E-state index in [2.05, 4.69) is 66.1 Å². The quantitative estimate of drug-likeness (QED) is 0.332. The third-order valence-corrected chi connectivity index (χ3v) is 7.12. The Balaban J connectivity index is 1.79. The first-order chi connectivity index (χ1) is 17.1. The van der Waals surface area contributed by atoms with Crippen LogP contribution in [0.15, 0.2) is 47.3 Å². The van der Waals surface area contributed by atoms with Crippen LogP contribution in [0.1, 0.15) is 74.7 Å². The number of aromatic nitrogens is 5. The second-order valence-electron chi connectivity index (χ2n) is 10.2. The van der Waals surface area contributed by atoms with Crippen LogP contribution in [-0.4, -0.2) is 30.1 Å². The molecule has 1 N–H and O–H groups in total. The normalized spacial score (nSPS) is 13.0. The summed E-state index contributed by atoms with van der Waals surface area (Å²) in [5.41, 5.74) is 4.32. The van der Waals surface area contributed by atoms with Gasteiger partial charge in [-0.25, -0.2) is 9.07 Å². The molecule has 0 radical (unpaired) electrons. The Hall–Kier alpha value is -3.39. The molecular weight excluding hydrogens is 455 g/mol. The van der Waals surface area contributed by atoms with E-state index >= 15 is 0 Å². The first kappa shape index (κ1) is 25.7. The zero-order chi connectivity index (χ0) is 26.0. The third kappa shape index (κ3) is 5.23. The van der Waals surface area contributed by atoms with Crippen LogP contribution in [0.5, 0.6) is 0 Å². The van der Waals surface area contributed by atoms with E-state index < -0.39 is 0 Å². The van der Waals surface area contributed by atoms with Crippen molar-refractivity contribution in [2.24, 2.45) is 0 Å². The lowest BCUT2D eigenvalue weighted by Crippen LogP contribution is -2.36. The van der Waals surface area contributed by atoms with E-state index in [1.807, 2.05) is 23.7 Å². The van der Waals surface area contributed by atoms with Crippen molar-refractivity contribution < 1.29 is 4.39 Å². The van der Waals surface area contributed by atoms with Gasteiger partial charge in [-0.2, -0.15) is 0 Å². The molecule has 4 aromatic rings. The van der Waals surface area contributed by atoms with Gasteiger partial charge in [0.15, 0.2) is 5.82 Å². The molecule has 0 aliphatic rings. The lowest BCUT2D eigenvalue weighted by atomic mass is 10.0. The number of H-pyrrole nitrogens is 1. The third-order valence-electron chi connectivity index (χ3n) is 7.12. The van der Waals surface area contributed by atoms with Gasteiger partial charge in [0.1, 0.15) is 5.82 Å². The van der Waals surface area contributed by atoms with Crippen molar-refractivity contribution in [3.63, 3.8) is 0 Å². The van der Waals surface area contributed by atoms with Gasteiger partial charge in [0.05, 0.1) is 11.6 Å². The van der Waals surface area contributed by atoms with Crippen LogP contribution >= 0.6 is 0 Å². The maximum absolute atomic E-state index is 13.6. The number of benzene rings is 2. The summed E-state index contributed by atoms with van der Waals surface area (Å²) in [7, 11) is 0. The van der Waals surface area contributed by atoms with Gasteiger partial charge in [-0.3, -0.25) is 9.69 Å². The van der Waals surface area contributed by atoms with Crippen molar-refractivity contribution in [3.8, 4) is 0 Å². The molecule has 2 heterocycles. The lowest BCUT2D eigenvalue weighted by Gasteiger charge is -2.33. The Labute approximate surface area is 211 Å². The number of rotatable bonds is 9. The predicted molar refractivity (Wildman–Crippen MR) is 140 cm³/mol. The van der Waals surface area contributed by atoms with Crippen molar-refractivity contribution in [1.82, 2.24) is 30.1 Å². The predicted octanol–water partition coefficient (Wildman–Crippen LogP) is 5.57. The molecule has 190 valence electrons. The maximum Gasteiger partial charge on any atom is 0.252 e. The summed E-state index contributed by atoms with van der Waals surface area (Å²) in [5, 5.41) is 13.8. The molecule has 0 bridgehead atoms. The molecule has 0 spiro atoms. The summed E-state index contributed by atoms with van der Waals surface area (Å²) in [4.78, 5) is 18.5. The summed E-state index contributed by atoms with van der Waals surface area (Å²) in [6.07, 6.45) is 1.60. The average molecular weight is 491 g/mol. The monoisotopic (exact) mass is 490 g/mol. The van der Waals surface area contributed by atoms with Gasteiger partial charge in [0.2, 0.25) is 0 Å². The maximum atomic E-state index is 13.6. The van der Waals surface area contributed by atoms with Gasteiger partial charge in [-0.15, -0.1) is 5.10 Å². The summed E-state index contributed by atoms with van der Waals surface area (Å²) in [6.45, 7) is 13.4. The SMILES string of the molecule is CC[C@@H](c1nnnn1C(C)(C)CC)N(Cc1ccc(F)cc1)Cc1cc2c(C)cc(C)cc2[nH]c1=O. The van der Waals surface area contributed by atoms with Crippen LogP contribution < -0.4 is 5.56 Å². The number of hydrogen-bond donors (Lipinski definition) is 1. The molecule has 1 atom stereocenters. The van der Waals surface area contributed by atoms with Crippen molar-refractivity contribution in [2.75, 3.05) is 0 Å². The van der Waals surface area contributed by atoms with E-state index in [0.717, 1.165) is 46.3 Å². The minimum absolute atomic E-state index is 0.111. The molecule has 0 saturated heterocycles. The zero-order valence-corrected chi connectivity index (χ0v) is 22.0. The molecule has 0 amide bonds. The Bertz CT molecular complexity index is 1410. The smallest absolute Gasteiger partial charge is 0.252 e. The summed E-state index contributed by atoms with van der Waals surface area (Å²) >= 11 is 0. The van der Waals surface area contributed by atoms with Gasteiger partial charge in [-0.05, 0) is 91.9 Å². The molecule has 0 fully saturated rings. The summed E-state index contributed by atoms with van der Waals surface area (Å²) in [6, 6.07) is 12.5. The first-order valence-corrected chi connectivity index (χ1v) is 12.5. The number of tetrazole rings is 1. The minimum atomic E-state index is -0.275. The van der Waals surface area contributed by atoms with Crippen LogP contribution in [0, 0.1) is 19.7 Å². The van der Waals surface area contributed by atoms with E-state index in [-0.39, 0.29) is 23.0 Å². The number of nitrogens with one attached hydrogen (secondary N) is 1. The zero-order valence-electron chi connectivity index (χ0n) is 22.0.